The average Bonchev–Trinajstić information content (AvgIpc) is 3.26. The molecule has 0 fully saturated rings. The van der Waals surface area contributed by atoms with Gasteiger partial charge in [-0.05, 0) is 47.5 Å². The van der Waals surface area contributed by atoms with Crippen LogP contribution in [0.25, 0.3) is 0 Å². The van der Waals surface area contributed by atoms with Gasteiger partial charge in [0.2, 0.25) is 0 Å². The Hall–Kier alpha value is -4.53. The maximum Gasteiger partial charge on any atom is 0.269 e. The third kappa shape index (κ3) is 5.79. The first-order valence-corrected chi connectivity index (χ1v) is 10.0. The van der Waals surface area contributed by atoms with Crippen molar-refractivity contribution in [2.75, 3.05) is 5.32 Å². The van der Waals surface area contributed by atoms with Crippen molar-refractivity contribution >= 4 is 17.3 Å². The summed E-state index contributed by atoms with van der Waals surface area (Å²) in [5.74, 6) is -0.106. The van der Waals surface area contributed by atoms with Crippen LogP contribution in [0.2, 0.25) is 0 Å². The zero-order valence-electron chi connectivity index (χ0n) is 17.3. The molecule has 0 aliphatic rings. The molecule has 0 aliphatic carbocycles. The average molecular weight is 446 g/mol. The first kappa shape index (κ1) is 21.7. The molecule has 0 saturated heterocycles. The van der Waals surface area contributed by atoms with Gasteiger partial charge in [0.1, 0.15) is 18.2 Å². The number of nitro groups is 1. The highest BCUT2D eigenvalue weighted by molar-refractivity contribution is 6.04. The van der Waals surface area contributed by atoms with Crippen molar-refractivity contribution < 1.29 is 18.8 Å². The smallest absolute Gasteiger partial charge is 0.269 e. The third-order valence-electron chi connectivity index (χ3n) is 4.79. The number of benzene rings is 3. The summed E-state index contributed by atoms with van der Waals surface area (Å²) < 4.78 is 20.3. The normalized spacial score (nSPS) is 10.6. The van der Waals surface area contributed by atoms with Crippen LogP contribution in [-0.4, -0.2) is 20.6 Å². The van der Waals surface area contributed by atoms with E-state index < -0.39 is 4.92 Å². The number of nitro benzene ring substituents is 1. The Morgan fingerprint density at radius 2 is 1.82 bits per heavy atom. The minimum Gasteiger partial charge on any atom is -0.489 e. The van der Waals surface area contributed by atoms with Crippen LogP contribution in [0, 0.1) is 15.9 Å². The molecule has 0 spiro atoms. The van der Waals surface area contributed by atoms with Crippen molar-refractivity contribution in [2.24, 2.45) is 0 Å². The molecule has 0 aliphatic heterocycles. The van der Waals surface area contributed by atoms with Gasteiger partial charge < -0.3 is 10.1 Å². The monoisotopic (exact) mass is 446 g/mol. The van der Waals surface area contributed by atoms with Gasteiger partial charge in [-0.1, -0.05) is 24.3 Å². The molecular formula is C24H19FN4O4. The van der Waals surface area contributed by atoms with Gasteiger partial charge in [0, 0.05) is 23.9 Å². The molecule has 0 radical (unpaired) electrons. The Morgan fingerprint density at radius 1 is 1.06 bits per heavy atom. The van der Waals surface area contributed by atoms with E-state index in [0.29, 0.717) is 23.5 Å². The Balaban J connectivity index is 1.35. The molecule has 1 amide bonds. The topological polar surface area (TPSA) is 99.3 Å². The second kappa shape index (κ2) is 9.73. The van der Waals surface area contributed by atoms with Crippen LogP contribution in [0.3, 0.4) is 0 Å². The zero-order valence-corrected chi connectivity index (χ0v) is 17.3. The van der Waals surface area contributed by atoms with Crippen LogP contribution in [0.5, 0.6) is 5.75 Å². The Kier molecular flexibility index (Phi) is 6.40. The lowest BCUT2D eigenvalue weighted by atomic mass is 10.1. The highest BCUT2D eigenvalue weighted by Crippen LogP contribution is 2.19. The number of carbonyl (C=O) groups is 1. The third-order valence-corrected chi connectivity index (χ3v) is 4.79. The van der Waals surface area contributed by atoms with Gasteiger partial charge in [-0.25, -0.2) is 4.39 Å². The van der Waals surface area contributed by atoms with Crippen molar-refractivity contribution in [3.8, 4) is 5.75 Å². The van der Waals surface area contributed by atoms with Crippen LogP contribution in [0.1, 0.15) is 21.5 Å². The van der Waals surface area contributed by atoms with Gasteiger partial charge >= 0.3 is 0 Å². The van der Waals surface area contributed by atoms with Crippen LogP contribution < -0.4 is 10.1 Å². The summed E-state index contributed by atoms with van der Waals surface area (Å²) in [7, 11) is 0. The van der Waals surface area contributed by atoms with E-state index in [9.17, 15) is 19.3 Å². The van der Waals surface area contributed by atoms with E-state index in [0.717, 1.165) is 11.1 Å². The lowest BCUT2D eigenvalue weighted by Gasteiger charge is -2.08. The fourth-order valence-electron chi connectivity index (χ4n) is 3.13. The molecule has 0 saturated carbocycles. The first-order chi connectivity index (χ1) is 16.0. The number of carbonyl (C=O) groups excluding carboxylic acids is 1. The lowest BCUT2D eigenvalue weighted by Crippen LogP contribution is -2.12. The number of amides is 1. The molecule has 3 aromatic carbocycles. The number of nitrogens with zero attached hydrogens (tertiary/aromatic N) is 3. The Bertz CT molecular complexity index is 1270. The highest BCUT2D eigenvalue weighted by Gasteiger charge is 2.10. The predicted molar refractivity (Wildman–Crippen MR) is 120 cm³/mol. The second-order valence-corrected chi connectivity index (χ2v) is 7.25. The summed E-state index contributed by atoms with van der Waals surface area (Å²) in [6.45, 7) is 0.653. The second-order valence-electron chi connectivity index (χ2n) is 7.25. The highest BCUT2D eigenvalue weighted by atomic mass is 19.1. The van der Waals surface area contributed by atoms with E-state index in [-0.39, 0.29) is 24.0 Å². The summed E-state index contributed by atoms with van der Waals surface area (Å²) in [6.07, 6.45) is 3.24. The molecule has 0 atom stereocenters. The van der Waals surface area contributed by atoms with Crippen LogP contribution >= 0.6 is 0 Å². The quantitative estimate of drug-likeness (QED) is 0.309. The van der Waals surface area contributed by atoms with Gasteiger partial charge in [0.15, 0.2) is 0 Å². The standard InChI is InChI=1S/C24H19FN4O4/c25-20-6-4-17(5-7-20)14-28-15-21(13-26-28)27-24(30)19-3-1-2-18(12-19)16-33-23-10-8-22(9-11-23)29(31)32/h1-13,15H,14,16H2,(H,27,30). The van der Waals surface area contributed by atoms with Gasteiger partial charge in [0.05, 0.1) is 23.4 Å². The molecule has 166 valence electrons. The van der Waals surface area contributed by atoms with E-state index >= 15 is 0 Å². The van der Waals surface area contributed by atoms with Crippen LogP contribution in [0.15, 0.2) is 85.2 Å². The van der Waals surface area contributed by atoms with E-state index in [1.165, 1.54) is 36.4 Å². The zero-order chi connectivity index (χ0) is 23.2. The number of rotatable bonds is 8. The van der Waals surface area contributed by atoms with Crippen molar-refractivity contribution in [2.45, 2.75) is 13.2 Å². The minimum atomic E-state index is -0.474. The Labute approximate surface area is 188 Å². The maximum absolute atomic E-state index is 13.0. The number of halogens is 1. The molecular weight excluding hydrogens is 427 g/mol. The van der Waals surface area contributed by atoms with E-state index in [4.69, 9.17) is 4.74 Å². The van der Waals surface area contributed by atoms with Gasteiger partial charge in [-0.2, -0.15) is 5.10 Å². The number of non-ortho nitro benzene ring substituents is 1. The number of nitrogens with one attached hydrogen (secondary N) is 1. The summed E-state index contributed by atoms with van der Waals surface area (Å²) >= 11 is 0. The molecule has 33 heavy (non-hydrogen) atoms. The molecule has 1 aromatic heterocycles. The predicted octanol–water partition coefficient (Wildman–Crippen LogP) is 4.81. The van der Waals surface area contributed by atoms with Gasteiger partial charge in [-0.15, -0.1) is 0 Å². The van der Waals surface area contributed by atoms with Crippen LogP contribution in [0.4, 0.5) is 15.8 Å². The molecule has 1 N–H and O–H groups in total. The lowest BCUT2D eigenvalue weighted by molar-refractivity contribution is -0.384. The molecule has 4 aromatic rings. The molecule has 4 rings (SSSR count). The largest absolute Gasteiger partial charge is 0.489 e. The van der Waals surface area contributed by atoms with Crippen molar-refractivity contribution in [1.82, 2.24) is 9.78 Å². The molecule has 0 unspecified atom stereocenters. The van der Waals surface area contributed by atoms with E-state index in [2.05, 4.69) is 10.4 Å². The number of hydrogen-bond donors (Lipinski definition) is 1. The summed E-state index contributed by atoms with van der Waals surface area (Å²) in [5, 5.41) is 17.8. The van der Waals surface area contributed by atoms with Crippen LogP contribution in [-0.2, 0) is 13.2 Å². The summed E-state index contributed by atoms with van der Waals surface area (Å²) in [5.41, 5.74) is 2.63. The summed E-state index contributed by atoms with van der Waals surface area (Å²) in [4.78, 5) is 22.9. The number of ether oxygens (including phenoxy) is 1. The fraction of sp³-hybridized carbons (Fsp3) is 0.0833. The summed E-state index contributed by atoms with van der Waals surface area (Å²) in [6, 6.07) is 18.9. The molecule has 9 heteroatoms. The van der Waals surface area contributed by atoms with E-state index in [1.54, 1.807) is 47.4 Å². The SMILES string of the molecule is O=C(Nc1cnn(Cc2ccc(F)cc2)c1)c1cccc(COc2ccc([N+](=O)[O-])cc2)c1. The fourth-order valence-corrected chi connectivity index (χ4v) is 3.13. The molecule has 1 heterocycles. The minimum absolute atomic E-state index is 0.0120. The van der Waals surface area contributed by atoms with Crippen molar-refractivity contribution in [3.05, 3.63) is 118 Å². The molecule has 8 nitrogen and oxygen atoms in total. The maximum atomic E-state index is 13.0. The number of aromatic nitrogens is 2. The van der Waals surface area contributed by atoms with Crippen molar-refractivity contribution in [3.63, 3.8) is 0 Å². The number of anilines is 1. The molecule has 0 bridgehead atoms. The first-order valence-electron chi connectivity index (χ1n) is 10.0. The Morgan fingerprint density at radius 3 is 2.55 bits per heavy atom. The van der Waals surface area contributed by atoms with Gasteiger partial charge in [0.25, 0.3) is 11.6 Å². The van der Waals surface area contributed by atoms with E-state index in [1.807, 2.05) is 6.07 Å². The van der Waals surface area contributed by atoms with Gasteiger partial charge in [-0.3, -0.25) is 19.6 Å². The number of hydrogen-bond acceptors (Lipinski definition) is 5. The van der Waals surface area contributed by atoms with Crippen molar-refractivity contribution in [1.29, 1.82) is 0 Å².